The number of hydrogen-bond donors (Lipinski definition) is 8. The summed E-state index contributed by atoms with van der Waals surface area (Å²) in [5, 5.41) is 17.5. The van der Waals surface area contributed by atoms with Crippen LogP contribution in [0.15, 0.2) is 11.1 Å². The molecule has 0 aromatic heterocycles. The van der Waals surface area contributed by atoms with Crippen molar-refractivity contribution in [3.63, 3.8) is 0 Å². The lowest BCUT2D eigenvalue weighted by Crippen LogP contribution is -2.77. The second kappa shape index (κ2) is 12.8. The number of hydrogen-bond acceptors (Lipinski definition) is 15. The lowest BCUT2D eigenvalue weighted by molar-refractivity contribution is -0.133. The molecule has 6 aliphatic heterocycles. The number of thioether (sulfide) groups is 2. The van der Waals surface area contributed by atoms with Gasteiger partial charge in [-0.1, -0.05) is 12.8 Å². The van der Waals surface area contributed by atoms with Gasteiger partial charge in [0.1, 0.15) is 12.5 Å². The minimum Gasteiger partial charge on any atom is -0.378 e. The van der Waals surface area contributed by atoms with Crippen LogP contribution in [-0.4, -0.2) is 114 Å². The van der Waals surface area contributed by atoms with E-state index in [1.807, 2.05) is 22.8 Å². The maximum absolute atomic E-state index is 13.1. The molecule has 0 radical (unpaired) electrons. The third kappa shape index (κ3) is 5.86. The molecule has 1 saturated carbocycles. The molecular weight excluding hydrogens is 580 g/mol. The van der Waals surface area contributed by atoms with Crippen LogP contribution < -0.4 is 43.6 Å². The standard InChI is InChI=1S/C26H44N10O4S2/c27-14-3-1-2-4-15(14)31-26-33-24(20(23(28)38)25-29-12-30-36(25)26)32-18-9-16(34-40-18)13-11-41-22-17(37)10-19(42-21(13)22)35-5-7-39-8-6-35/h10,13-16,18,20-22,24-26,29-34H,1-9,11-12,27H2,(H2,28,38)/t13?,14-,15+,16?,18?,20?,21?,22?,24?,25?,26?/m1/s1. The van der Waals surface area contributed by atoms with E-state index in [1.165, 1.54) is 0 Å². The average Bonchev–Trinajstić information content (AvgIpc) is 3.75. The van der Waals surface area contributed by atoms with E-state index in [0.717, 1.165) is 56.0 Å². The zero-order chi connectivity index (χ0) is 28.8. The fourth-order valence-electron chi connectivity index (χ4n) is 7.45. The Hall–Kier alpha value is -1.02. The van der Waals surface area contributed by atoms with Gasteiger partial charge in [0.25, 0.3) is 0 Å². The van der Waals surface area contributed by atoms with Crippen molar-refractivity contribution in [3.8, 4) is 0 Å². The number of amides is 1. The van der Waals surface area contributed by atoms with E-state index >= 15 is 0 Å². The second-order valence-electron chi connectivity index (χ2n) is 12.3. The van der Waals surface area contributed by atoms with Gasteiger partial charge in [-0.05, 0) is 24.5 Å². The van der Waals surface area contributed by atoms with Gasteiger partial charge < -0.3 is 21.1 Å². The molecule has 6 heterocycles. The van der Waals surface area contributed by atoms with Crippen molar-refractivity contribution >= 4 is 35.2 Å². The van der Waals surface area contributed by atoms with E-state index < -0.39 is 18.0 Å². The first-order chi connectivity index (χ1) is 20.5. The number of carbonyl (C=O) groups is 2. The molecule has 1 aliphatic carbocycles. The molecule has 1 amide bonds. The van der Waals surface area contributed by atoms with Gasteiger partial charge in [-0.2, -0.15) is 10.5 Å². The third-order valence-corrected chi connectivity index (χ3v) is 12.9. The number of hydroxylamine groups is 1. The summed E-state index contributed by atoms with van der Waals surface area (Å²) in [6.07, 6.45) is 5.60. The van der Waals surface area contributed by atoms with Crippen LogP contribution in [0.2, 0.25) is 0 Å². The van der Waals surface area contributed by atoms with Crippen LogP contribution in [0.1, 0.15) is 32.1 Å². The van der Waals surface area contributed by atoms with E-state index in [4.69, 9.17) is 21.0 Å². The number of nitrogens with two attached hydrogens (primary N) is 2. The van der Waals surface area contributed by atoms with Crippen LogP contribution >= 0.6 is 23.5 Å². The smallest absolute Gasteiger partial charge is 0.226 e. The van der Waals surface area contributed by atoms with Gasteiger partial charge >= 0.3 is 0 Å². The first-order valence-electron chi connectivity index (χ1n) is 15.3. The van der Waals surface area contributed by atoms with Crippen molar-refractivity contribution in [1.82, 2.24) is 42.1 Å². The SMILES string of the molecule is NC(=O)C1C(NC2CC(C3CSC4C(=O)C=C(N5CCOCC5)SC43)NO2)NC(N[C@H]2CCCC[C@H]2N)N2NCNC12. The van der Waals surface area contributed by atoms with Gasteiger partial charge in [0.15, 0.2) is 5.78 Å². The van der Waals surface area contributed by atoms with Crippen molar-refractivity contribution < 1.29 is 19.2 Å². The lowest BCUT2D eigenvalue weighted by atomic mass is 9.90. The third-order valence-electron chi connectivity index (χ3n) is 9.73. The maximum Gasteiger partial charge on any atom is 0.226 e. The van der Waals surface area contributed by atoms with Crippen LogP contribution in [0.25, 0.3) is 0 Å². The highest BCUT2D eigenvalue weighted by atomic mass is 32.2. The zero-order valence-electron chi connectivity index (χ0n) is 23.7. The number of carbonyl (C=O) groups excluding carboxylic acids is 2. The molecule has 14 nitrogen and oxygen atoms in total. The number of nitrogens with zero attached hydrogens (tertiary/aromatic N) is 2. The quantitative estimate of drug-likeness (QED) is 0.151. The number of morpholine rings is 1. The highest BCUT2D eigenvalue weighted by molar-refractivity contribution is 8.07. The fourth-order valence-corrected chi connectivity index (χ4v) is 11.0. The highest BCUT2D eigenvalue weighted by Gasteiger charge is 2.52. The summed E-state index contributed by atoms with van der Waals surface area (Å²) in [6.45, 7) is 3.57. The average molecular weight is 625 g/mol. The Kier molecular flexibility index (Phi) is 9.02. The van der Waals surface area contributed by atoms with Gasteiger partial charge in [0, 0.05) is 49.0 Å². The number of rotatable bonds is 7. The normalized spacial score (nSPS) is 44.6. The van der Waals surface area contributed by atoms with E-state index in [0.29, 0.717) is 19.9 Å². The Morgan fingerprint density at radius 3 is 2.81 bits per heavy atom. The van der Waals surface area contributed by atoms with Gasteiger partial charge in [0.2, 0.25) is 5.91 Å². The molecule has 6 fully saturated rings. The summed E-state index contributed by atoms with van der Waals surface area (Å²) in [7, 11) is 0. The first-order valence-corrected chi connectivity index (χ1v) is 17.2. The van der Waals surface area contributed by atoms with Crippen molar-refractivity contribution in [2.75, 3.05) is 38.7 Å². The summed E-state index contributed by atoms with van der Waals surface area (Å²) in [5.74, 6) is 0.458. The van der Waals surface area contributed by atoms with E-state index in [9.17, 15) is 9.59 Å². The second-order valence-corrected chi connectivity index (χ2v) is 14.7. The van der Waals surface area contributed by atoms with Crippen molar-refractivity contribution in [2.45, 2.75) is 85.6 Å². The zero-order valence-corrected chi connectivity index (χ0v) is 25.3. The molecule has 11 atom stereocenters. The molecule has 0 spiro atoms. The van der Waals surface area contributed by atoms with Crippen LogP contribution in [0.5, 0.6) is 0 Å². The van der Waals surface area contributed by atoms with Gasteiger partial charge in [-0.15, -0.1) is 23.5 Å². The molecule has 234 valence electrons. The van der Waals surface area contributed by atoms with Gasteiger partial charge in [-0.3, -0.25) is 35.7 Å². The Balaban J connectivity index is 1.01. The predicted octanol–water partition coefficient (Wildman–Crippen LogP) is -2.35. The molecule has 0 bridgehead atoms. The van der Waals surface area contributed by atoms with Crippen molar-refractivity contribution in [3.05, 3.63) is 11.1 Å². The maximum atomic E-state index is 13.1. The summed E-state index contributed by atoms with van der Waals surface area (Å²) in [5.41, 5.74) is 19.0. The predicted molar refractivity (Wildman–Crippen MR) is 160 cm³/mol. The molecule has 10 N–H and O–H groups in total. The minimum atomic E-state index is -0.542. The molecule has 0 aromatic rings. The number of ketones is 1. The van der Waals surface area contributed by atoms with Crippen molar-refractivity contribution in [2.24, 2.45) is 23.3 Å². The number of ether oxygens (including phenoxy) is 1. The molecule has 7 aliphatic rings. The van der Waals surface area contributed by atoms with E-state index in [1.54, 1.807) is 11.8 Å². The Morgan fingerprint density at radius 1 is 1.17 bits per heavy atom. The Labute approximate surface area is 254 Å². The monoisotopic (exact) mass is 624 g/mol. The molecule has 16 heteroatoms. The van der Waals surface area contributed by atoms with Crippen LogP contribution in [-0.2, 0) is 19.2 Å². The number of fused-ring (bicyclic) bond motifs is 2. The Bertz CT molecular complexity index is 1050. The van der Waals surface area contributed by atoms with Crippen molar-refractivity contribution in [1.29, 1.82) is 0 Å². The van der Waals surface area contributed by atoms with Crippen LogP contribution in [0.4, 0.5) is 0 Å². The summed E-state index contributed by atoms with van der Waals surface area (Å²) in [6, 6.07) is 0.356. The highest BCUT2D eigenvalue weighted by Crippen LogP contribution is 2.49. The summed E-state index contributed by atoms with van der Waals surface area (Å²) >= 11 is 3.60. The van der Waals surface area contributed by atoms with Crippen LogP contribution in [0, 0.1) is 11.8 Å². The van der Waals surface area contributed by atoms with Crippen LogP contribution in [0.3, 0.4) is 0 Å². The minimum absolute atomic E-state index is 0.0252. The molecule has 7 rings (SSSR count). The van der Waals surface area contributed by atoms with E-state index in [2.05, 4.69) is 37.1 Å². The largest absolute Gasteiger partial charge is 0.378 e. The molecule has 42 heavy (non-hydrogen) atoms. The number of nitrogens with one attached hydrogen (secondary N) is 6. The first kappa shape index (κ1) is 29.7. The number of hydrazine groups is 1. The summed E-state index contributed by atoms with van der Waals surface area (Å²) in [4.78, 5) is 34.2. The number of allylic oxidation sites excluding steroid dienone is 1. The topological polar surface area (TPSA) is 183 Å². The fraction of sp³-hybridized carbons (Fsp3) is 0.846. The van der Waals surface area contributed by atoms with E-state index in [-0.39, 0.29) is 59.0 Å². The molecule has 9 unspecified atom stereocenters. The molecular formula is C26H44N10O4S2. The number of primary amides is 1. The van der Waals surface area contributed by atoms with Gasteiger partial charge in [-0.25, -0.2) is 5.43 Å². The lowest BCUT2D eigenvalue weighted by Gasteiger charge is -2.48. The Morgan fingerprint density at radius 2 is 2.00 bits per heavy atom. The summed E-state index contributed by atoms with van der Waals surface area (Å²) < 4.78 is 5.52. The molecule has 0 aromatic carbocycles. The molecule has 5 saturated heterocycles. The van der Waals surface area contributed by atoms with Gasteiger partial charge in [0.05, 0.1) is 48.4 Å².